The number of hydroxylamine groups is 1. The Morgan fingerprint density at radius 3 is 2.48 bits per heavy atom. The summed E-state index contributed by atoms with van der Waals surface area (Å²) in [6.07, 6.45) is 0. The summed E-state index contributed by atoms with van der Waals surface area (Å²) in [7, 11) is -4.23. The van der Waals surface area contributed by atoms with Crippen molar-refractivity contribution in [2.75, 3.05) is 4.72 Å². The van der Waals surface area contributed by atoms with Gasteiger partial charge in [0.2, 0.25) is 0 Å². The van der Waals surface area contributed by atoms with E-state index >= 15 is 0 Å². The van der Waals surface area contributed by atoms with E-state index in [2.05, 4.69) is 11.3 Å². The second-order valence-electron chi connectivity index (χ2n) is 4.83. The first-order valence-electron chi connectivity index (χ1n) is 6.76. The van der Waals surface area contributed by atoms with Gasteiger partial charge in [0.1, 0.15) is 0 Å². The van der Waals surface area contributed by atoms with Gasteiger partial charge in [-0.1, -0.05) is 30.8 Å². The zero-order valence-corrected chi connectivity index (χ0v) is 13.5. The average molecular weight is 363 g/mol. The van der Waals surface area contributed by atoms with E-state index in [9.17, 15) is 23.3 Å². The van der Waals surface area contributed by atoms with Crippen molar-refractivity contribution < 1.29 is 23.3 Å². The molecule has 9 nitrogen and oxygen atoms in total. The summed E-state index contributed by atoms with van der Waals surface area (Å²) in [6, 6.07) is 10.6. The minimum absolute atomic E-state index is 0.0718. The SMILES string of the molecule is C=C(C(=O)NO)c1cccc(NS(=O)(=O)c2ccccc2[N+](=O)[O-])c1. The van der Waals surface area contributed by atoms with Gasteiger partial charge in [-0.25, -0.2) is 13.9 Å². The maximum atomic E-state index is 12.4. The molecule has 25 heavy (non-hydrogen) atoms. The van der Waals surface area contributed by atoms with E-state index in [0.29, 0.717) is 0 Å². The summed E-state index contributed by atoms with van der Waals surface area (Å²) < 4.78 is 27.1. The van der Waals surface area contributed by atoms with Crippen molar-refractivity contribution in [3.8, 4) is 0 Å². The molecule has 130 valence electrons. The number of para-hydroxylation sites is 1. The normalized spacial score (nSPS) is 10.8. The van der Waals surface area contributed by atoms with E-state index in [1.54, 1.807) is 0 Å². The van der Waals surface area contributed by atoms with Gasteiger partial charge in [0.05, 0.1) is 4.92 Å². The van der Waals surface area contributed by atoms with Crippen LogP contribution in [0.1, 0.15) is 5.56 Å². The lowest BCUT2D eigenvalue weighted by Crippen LogP contribution is -2.19. The molecule has 2 aromatic carbocycles. The van der Waals surface area contributed by atoms with Crippen LogP contribution in [0.25, 0.3) is 5.57 Å². The number of hydrogen-bond donors (Lipinski definition) is 3. The molecule has 0 aliphatic rings. The Morgan fingerprint density at radius 1 is 1.16 bits per heavy atom. The number of carbonyl (C=O) groups is 1. The molecular formula is C15H13N3O6S. The van der Waals surface area contributed by atoms with E-state index in [4.69, 9.17) is 5.21 Å². The molecule has 0 saturated carbocycles. The summed E-state index contributed by atoms with van der Waals surface area (Å²) in [5.41, 5.74) is 1.11. The summed E-state index contributed by atoms with van der Waals surface area (Å²) in [4.78, 5) is 21.1. The molecule has 0 unspecified atom stereocenters. The summed E-state index contributed by atoms with van der Waals surface area (Å²) in [5.74, 6) is -0.848. The fourth-order valence-electron chi connectivity index (χ4n) is 2.01. The topological polar surface area (TPSA) is 139 Å². The van der Waals surface area contributed by atoms with Crippen molar-refractivity contribution in [2.45, 2.75) is 4.90 Å². The number of nitro benzene ring substituents is 1. The van der Waals surface area contributed by atoms with Crippen LogP contribution in [0.15, 0.2) is 60.0 Å². The van der Waals surface area contributed by atoms with E-state index in [0.717, 1.165) is 12.1 Å². The third kappa shape index (κ3) is 4.00. The van der Waals surface area contributed by atoms with Crippen LogP contribution in [-0.2, 0) is 14.8 Å². The standard InChI is InChI=1S/C15H13N3O6S/c1-10(15(19)16-20)11-5-4-6-12(9-11)17-25(23,24)14-8-3-2-7-13(14)18(21)22/h2-9,17,20H,1H2,(H,16,19). The van der Waals surface area contributed by atoms with Gasteiger partial charge in [0.15, 0.2) is 4.90 Å². The van der Waals surface area contributed by atoms with Gasteiger partial charge in [-0.2, -0.15) is 0 Å². The smallest absolute Gasteiger partial charge is 0.288 e. The number of sulfonamides is 1. The van der Waals surface area contributed by atoms with Gasteiger partial charge < -0.3 is 0 Å². The van der Waals surface area contributed by atoms with Crippen molar-refractivity contribution >= 4 is 32.9 Å². The van der Waals surface area contributed by atoms with Crippen LogP contribution >= 0.6 is 0 Å². The highest BCUT2D eigenvalue weighted by Crippen LogP contribution is 2.26. The molecule has 0 aliphatic carbocycles. The molecule has 0 atom stereocenters. The number of anilines is 1. The monoisotopic (exact) mass is 363 g/mol. The molecule has 0 spiro atoms. The van der Waals surface area contributed by atoms with Crippen molar-refractivity contribution in [1.82, 2.24) is 5.48 Å². The lowest BCUT2D eigenvalue weighted by Gasteiger charge is -2.10. The summed E-state index contributed by atoms with van der Waals surface area (Å²) >= 11 is 0. The first kappa shape index (κ1) is 18.1. The van der Waals surface area contributed by atoms with Crippen LogP contribution in [0, 0.1) is 10.1 Å². The molecule has 0 aromatic heterocycles. The van der Waals surface area contributed by atoms with Gasteiger partial charge in [-0.3, -0.25) is 24.8 Å². The van der Waals surface area contributed by atoms with Gasteiger partial charge in [0.25, 0.3) is 21.6 Å². The second kappa shape index (κ2) is 7.11. The number of nitrogens with one attached hydrogen (secondary N) is 2. The molecule has 0 bridgehead atoms. The van der Waals surface area contributed by atoms with Crippen LogP contribution in [0.5, 0.6) is 0 Å². The van der Waals surface area contributed by atoms with Gasteiger partial charge in [-0.05, 0) is 23.8 Å². The predicted molar refractivity (Wildman–Crippen MR) is 89.3 cm³/mol. The Kier molecular flexibility index (Phi) is 5.15. The van der Waals surface area contributed by atoms with Crippen LogP contribution in [0.4, 0.5) is 11.4 Å². The van der Waals surface area contributed by atoms with Gasteiger partial charge in [-0.15, -0.1) is 0 Å². The number of benzene rings is 2. The number of amides is 1. The molecule has 1 amide bonds. The molecular weight excluding hydrogens is 350 g/mol. The van der Waals surface area contributed by atoms with Crippen LogP contribution in [0.2, 0.25) is 0 Å². The van der Waals surface area contributed by atoms with E-state index < -0.39 is 31.4 Å². The molecule has 2 aromatic rings. The zero-order chi connectivity index (χ0) is 18.6. The van der Waals surface area contributed by atoms with Crippen molar-refractivity contribution in [3.63, 3.8) is 0 Å². The highest BCUT2D eigenvalue weighted by atomic mass is 32.2. The third-order valence-corrected chi connectivity index (χ3v) is 4.62. The Labute approximate surface area is 142 Å². The predicted octanol–water partition coefficient (Wildman–Crippen LogP) is 1.91. The Morgan fingerprint density at radius 2 is 1.84 bits per heavy atom. The number of nitro groups is 1. The Balaban J connectivity index is 2.38. The minimum Gasteiger partial charge on any atom is -0.288 e. The van der Waals surface area contributed by atoms with E-state index in [1.807, 2.05) is 0 Å². The van der Waals surface area contributed by atoms with Crippen LogP contribution < -0.4 is 10.2 Å². The Bertz CT molecular complexity index is 955. The zero-order valence-electron chi connectivity index (χ0n) is 12.7. The quantitative estimate of drug-likeness (QED) is 0.310. The van der Waals surface area contributed by atoms with Crippen molar-refractivity contribution in [2.24, 2.45) is 0 Å². The second-order valence-corrected chi connectivity index (χ2v) is 6.48. The highest BCUT2D eigenvalue weighted by Gasteiger charge is 2.25. The third-order valence-electron chi connectivity index (χ3n) is 3.19. The molecule has 10 heteroatoms. The maximum absolute atomic E-state index is 12.4. The number of carbonyl (C=O) groups excluding carboxylic acids is 1. The van der Waals surface area contributed by atoms with Crippen molar-refractivity contribution in [1.29, 1.82) is 0 Å². The van der Waals surface area contributed by atoms with Gasteiger partial charge >= 0.3 is 0 Å². The van der Waals surface area contributed by atoms with E-state index in [1.165, 1.54) is 41.9 Å². The fourth-order valence-corrected chi connectivity index (χ4v) is 3.24. The van der Waals surface area contributed by atoms with Crippen LogP contribution in [-0.4, -0.2) is 24.5 Å². The number of hydrogen-bond acceptors (Lipinski definition) is 6. The lowest BCUT2D eigenvalue weighted by molar-refractivity contribution is -0.387. The van der Waals surface area contributed by atoms with Gasteiger partial charge in [0, 0.05) is 17.3 Å². The molecule has 0 radical (unpaired) electrons. The molecule has 3 N–H and O–H groups in total. The summed E-state index contributed by atoms with van der Waals surface area (Å²) in [5, 5.41) is 19.6. The van der Waals surface area contributed by atoms with Crippen LogP contribution in [0.3, 0.4) is 0 Å². The maximum Gasteiger partial charge on any atom is 0.289 e. The molecule has 2 rings (SSSR count). The first-order chi connectivity index (χ1) is 11.8. The minimum atomic E-state index is -4.23. The molecule has 0 heterocycles. The van der Waals surface area contributed by atoms with E-state index in [-0.39, 0.29) is 16.8 Å². The first-order valence-corrected chi connectivity index (χ1v) is 8.24. The fraction of sp³-hybridized carbons (Fsp3) is 0. The lowest BCUT2D eigenvalue weighted by atomic mass is 10.1. The summed E-state index contributed by atoms with van der Waals surface area (Å²) in [6.45, 7) is 3.49. The van der Waals surface area contributed by atoms with Crippen molar-refractivity contribution in [3.05, 3.63) is 70.8 Å². The average Bonchev–Trinajstić information content (AvgIpc) is 2.60. The largest absolute Gasteiger partial charge is 0.289 e. The number of nitrogens with zero attached hydrogens (tertiary/aromatic N) is 1. The Hall–Kier alpha value is -3.24. The highest BCUT2D eigenvalue weighted by molar-refractivity contribution is 7.92. The molecule has 0 aliphatic heterocycles. The number of rotatable bonds is 6. The molecule has 0 fully saturated rings. The molecule has 0 saturated heterocycles.